The zero-order valence-corrected chi connectivity index (χ0v) is 8.36. The van der Waals surface area contributed by atoms with Crippen molar-refractivity contribution in [3.05, 3.63) is 0 Å². The van der Waals surface area contributed by atoms with Gasteiger partial charge >= 0.3 is 14.7 Å². The molecule has 1 atom stereocenters. The number of halogens is 3. The molecule has 0 heterocycles. The summed E-state index contributed by atoms with van der Waals surface area (Å²) in [6.45, 7) is 2.15. The van der Waals surface area contributed by atoms with Crippen molar-refractivity contribution >= 4 is 8.56 Å². The molecule has 74 valence electrons. The zero-order valence-electron chi connectivity index (χ0n) is 7.36. The molecule has 0 aromatic carbocycles. The van der Waals surface area contributed by atoms with Gasteiger partial charge in [-0.25, -0.2) is 0 Å². The Morgan fingerprint density at radius 2 is 1.83 bits per heavy atom. The fraction of sp³-hybridized carbons (Fsp3) is 1.00. The van der Waals surface area contributed by atoms with E-state index >= 15 is 0 Å². The Hall–Kier alpha value is -0.0731. The maximum atomic E-state index is 11.7. The van der Waals surface area contributed by atoms with Gasteiger partial charge in [-0.1, -0.05) is 6.92 Å². The lowest BCUT2D eigenvalue weighted by atomic mass is 10.7. The average molecular weight is 202 g/mol. The fourth-order valence-electron chi connectivity index (χ4n) is 0.540. The van der Waals surface area contributed by atoms with Gasteiger partial charge in [-0.2, -0.15) is 13.2 Å². The van der Waals surface area contributed by atoms with Gasteiger partial charge in [0.15, 0.2) is 0 Å². The van der Waals surface area contributed by atoms with Crippen molar-refractivity contribution in [1.82, 2.24) is 0 Å². The van der Waals surface area contributed by atoms with Crippen LogP contribution in [0.25, 0.3) is 0 Å². The molecule has 0 rings (SSSR count). The molecular weight excluding hydrogens is 189 g/mol. The van der Waals surface area contributed by atoms with Gasteiger partial charge in [-0.05, 0) is 12.6 Å². The average Bonchev–Trinajstić information content (AvgIpc) is 1.99. The Balaban J connectivity index is 3.89. The third-order valence-corrected chi connectivity index (χ3v) is 4.52. The second-order valence-corrected chi connectivity index (χ2v) is 6.27. The van der Waals surface area contributed by atoms with Crippen LogP contribution in [0.1, 0.15) is 6.92 Å². The predicted molar refractivity (Wildman–Crippen MR) is 41.1 cm³/mol. The molecule has 0 N–H and O–H groups in total. The monoisotopic (exact) mass is 202 g/mol. The predicted octanol–water partition coefficient (Wildman–Crippen LogP) is 2.30. The van der Waals surface area contributed by atoms with E-state index in [1.807, 2.05) is 0 Å². The van der Waals surface area contributed by atoms with Crippen molar-refractivity contribution in [2.75, 3.05) is 13.7 Å². The van der Waals surface area contributed by atoms with E-state index < -0.39 is 21.3 Å². The molecule has 0 radical (unpaired) electrons. The van der Waals surface area contributed by atoms with Crippen LogP contribution in [0, 0.1) is 0 Å². The highest BCUT2D eigenvalue weighted by molar-refractivity contribution is 6.65. The highest BCUT2D eigenvalue weighted by atomic mass is 28.4. The Kier molecular flexibility index (Phi) is 4.22. The van der Waals surface area contributed by atoms with Gasteiger partial charge < -0.3 is 8.85 Å². The van der Waals surface area contributed by atoms with Crippen LogP contribution >= 0.6 is 0 Å². The minimum Gasteiger partial charge on any atom is -0.398 e. The largest absolute Gasteiger partial charge is 0.410 e. The number of alkyl halides is 3. The highest BCUT2D eigenvalue weighted by Crippen LogP contribution is 2.19. The first kappa shape index (κ1) is 11.9. The van der Waals surface area contributed by atoms with Gasteiger partial charge in [0.25, 0.3) is 0 Å². The van der Waals surface area contributed by atoms with Gasteiger partial charge in [0.2, 0.25) is 0 Å². The Morgan fingerprint density at radius 1 is 1.33 bits per heavy atom. The van der Waals surface area contributed by atoms with E-state index in [1.165, 1.54) is 7.11 Å². The Morgan fingerprint density at radius 3 is 2.08 bits per heavy atom. The summed E-state index contributed by atoms with van der Waals surface area (Å²) in [6, 6.07) is 0.513. The van der Waals surface area contributed by atoms with Crippen LogP contribution in [0.5, 0.6) is 0 Å². The summed E-state index contributed by atoms with van der Waals surface area (Å²) < 4.78 is 44.7. The van der Waals surface area contributed by atoms with E-state index in [2.05, 4.69) is 4.43 Å². The van der Waals surface area contributed by atoms with Crippen LogP contribution in [0.15, 0.2) is 0 Å². The summed E-state index contributed by atoms with van der Waals surface area (Å²) in [5, 5.41) is 0. The van der Waals surface area contributed by atoms with Gasteiger partial charge in [0.05, 0.1) is 0 Å². The standard InChI is InChI=1S/C6H13F3O2Si/c1-4-12(3,10-2)11-5-6(7,8)9/h4-5H2,1-3H3. The molecule has 6 heteroatoms. The van der Waals surface area contributed by atoms with E-state index in [4.69, 9.17) is 4.43 Å². The van der Waals surface area contributed by atoms with Crippen LogP contribution in [-0.2, 0) is 8.85 Å². The van der Waals surface area contributed by atoms with Gasteiger partial charge in [-0.3, -0.25) is 0 Å². The molecule has 0 spiro atoms. The topological polar surface area (TPSA) is 18.5 Å². The minimum atomic E-state index is -4.26. The van der Waals surface area contributed by atoms with E-state index in [-0.39, 0.29) is 0 Å². The van der Waals surface area contributed by atoms with Crippen LogP contribution in [0.3, 0.4) is 0 Å². The third-order valence-electron chi connectivity index (χ3n) is 1.62. The van der Waals surface area contributed by atoms with Crippen LogP contribution in [0.2, 0.25) is 12.6 Å². The van der Waals surface area contributed by atoms with Gasteiger partial charge in [0.1, 0.15) is 6.61 Å². The molecule has 0 saturated heterocycles. The smallest absolute Gasteiger partial charge is 0.398 e. The summed E-state index contributed by atoms with van der Waals surface area (Å²) in [5.74, 6) is 0. The molecule has 1 unspecified atom stereocenters. The molecule has 0 aromatic heterocycles. The first-order valence-electron chi connectivity index (χ1n) is 3.59. The first-order valence-corrected chi connectivity index (χ1v) is 6.11. The summed E-state index contributed by atoms with van der Waals surface area (Å²) in [7, 11) is -1.15. The summed E-state index contributed by atoms with van der Waals surface area (Å²) in [6.07, 6.45) is -4.26. The van der Waals surface area contributed by atoms with Crippen LogP contribution < -0.4 is 0 Å². The van der Waals surface area contributed by atoms with Crippen molar-refractivity contribution in [3.8, 4) is 0 Å². The van der Waals surface area contributed by atoms with E-state index in [9.17, 15) is 13.2 Å². The number of hydrogen-bond donors (Lipinski definition) is 0. The molecule has 0 amide bonds. The Bertz CT molecular complexity index is 133. The molecule has 0 saturated carbocycles. The highest BCUT2D eigenvalue weighted by Gasteiger charge is 2.35. The number of hydrogen-bond acceptors (Lipinski definition) is 2. The van der Waals surface area contributed by atoms with E-state index in [0.717, 1.165) is 0 Å². The lowest BCUT2D eigenvalue weighted by Crippen LogP contribution is -2.39. The zero-order chi connectivity index (χ0) is 9.83. The molecule has 2 nitrogen and oxygen atoms in total. The van der Waals surface area contributed by atoms with Crippen molar-refractivity contribution < 1.29 is 22.0 Å². The quantitative estimate of drug-likeness (QED) is 0.651. The molecular formula is C6H13F3O2Si. The Labute approximate surface area is 70.9 Å². The normalized spacial score (nSPS) is 17.5. The number of rotatable bonds is 4. The minimum absolute atomic E-state index is 0.513. The summed E-state index contributed by atoms with van der Waals surface area (Å²) in [4.78, 5) is 0. The molecule has 0 aromatic rings. The van der Waals surface area contributed by atoms with Crippen molar-refractivity contribution in [3.63, 3.8) is 0 Å². The summed E-state index contributed by atoms with van der Waals surface area (Å²) >= 11 is 0. The summed E-state index contributed by atoms with van der Waals surface area (Å²) in [5.41, 5.74) is 0. The van der Waals surface area contributed by atoms with Crippen molar-refractivity contribution in [2.24, 2.45) is 0 Å². The lowest BCUT2D eigenvalue weighted by molar-refractivity contribution is -0.158. The molecule has 12 heavy (non-hydrogen) atoms. The lowest BCUT2D eigenvalue weighted by Gasteiger charge is -2.23. The van der Waals surface area contributed by atoms with Crippen molar-refractivity contribution in [2.45, 2.75) is 25.7 Å². The second kappa shape index (κ2) is 4.24. The van der Waals surface area contributed by atoms with Crippen LogP contribution in [0.4, 0.5) is 13.2 Å². The van der Waals surface area contributed by atoms with Crippen LogP contribution in [-0.4, -0.2) is 28.5 Å². The van der Waals surface area contributed by atoms with Gasteiger partial charge in [0, 0.05) is 7.11 Å². The molecule has 0 aliphatic heterocycles. The van der Waals surface area contributed by atoms with Crippen molar-refractivity contribution in [1.29, 1.82) is 0 Å². The third kappa shape index (κ3) is 4.73. The maximum Gasteiger partial charge on any atom is 0.410 e. The molecule has 0 aliphatic rings. The maximum absolute atomic E-state index is 11.7. The van der Waals surface area contributed by atoms with Gasteiger partial charge in [-0.15, -0.1) is 0 Å². The molecule has 0 bridgehead atoms. The molecule has 0 fully saturated rings. The van der Waals surface area contributed by atoms with E-state index in [1.54, 1.807) is 13.5 Å². The SMILES string of the molecule is CC[Si](C)(OC)OCC(F)(F)F. The van der Waals surface area contributed by atoms with E-state index in [0.29, 0.717) is 6.04 Å². The second-order valence-electron chi connectivity index (χ2n) is 2.60. The first-order chi connectivity index (χ1) is 5.33. The molecule has 0 aliphatic carbocycles. The fourth-order valence-corrected chi connectivity index (χ4v) is 1.62.